The number of nitrogens with zero attached hydrogens (tertiary/aromatic N) is 3. The lowest BCUT2D eigenvalue weighted by Gasteiger charge is -2.17. The molecule has 1 atom stereocenters. The molecule has 1 unspecified atom stereocenters. The molecule has 0 saturated carbocycles. The predicted molar refractivity (Wildman–Crippen MR) is 67.3 cm³/mol. The van der Waals surface area contributed by atoms with E-state index in [1.165, 1.54) is 21.1 Å². The van der Waals surface area contributed by atoms with Gasteiger partial charge in [0.2, 0.25) is 0 Å². The number of likely N-dealkylation sites (N-methyl/N-ethyl adjacent to an activating group) is 1. The molecule has 1 aromatic heterocycles. The van der Waals surface area contributed by atoms with Gasteiger partial charge in [-0.3, -0.25) is 0 Å². The van der Waals surface area contributed by atoms with Crippen molar-refractivity contribution in [1.82, 2.24) is 9.88 Å². The first-order valence-electron chi connectivity index (χ1n) is 5.49. The van der Waals surface area contributed by atoms with E-state index in [0.29, 0.717) is 11.7 Å². The Morgan fingerprint density at radius 2 is 2.18 bits per heavy atom. The zero-order valence-electron chi connectivity index (χ0n) is 10.5. The average Bonchev–Trinajstić information content (AvgIpc) is 2.73. The summed E-state index contributed by atoms with van der Waals surface area (Å²) in [5, 5.41) is 10.4. The molecule has 2 heterocycles. The van der Waals surface area contributed by atoms with E-state index < -0.39 is 6.23 Å². The van der Waals surface area contributed by atoms with E-state index in [9.17, 15) is 9.90 Å². The number of β-amino-alcohol motifs (C(OH)–C–C–N with tert-alkyl or cyclic N) is 1. The van der Waals surface area contributed by atoms with Crippen molar-refractivity contribution in [2.24, 2.45) is 0 Å². The highest BCUT2D eigenvalue weighted by atomic mass is 32.1. The molecule has 1 N–H and O–H groups in total. The van der Waals surface area contributed by atoms with Crippen molar-refractivity contribution >= 4 is 22.5 Å². The fourth-order valence-electron chi connectivity index (χ4n) is 1.65. The zero-order chi connectivity index (χ0) is 12.8. The molecule has 1 saturated heterocycles. The van der Waals surface area contributed by atoms with Gasteiger partial charge in [-0.1, -0.05) is 20.8 Å². The van der Waals surface area contributed by atoms with Crippen molar-refractivity contribution in [1.29, 1.82) is 0 Å². The van der Waals surface area contributed by atoms with E-state index in [1.807, 2.05) is 0 Å². The van der Waals surface area contributed by atoms with E-state index in [4.69, 9.17) is 0 Å². The van der Waals surface area contributed by atoms with Crippen LogP contribution in [0.4, 0.5) is 9.93 Å². The molecule has 6 heteroatoms. The number of anilines is 1. The maximum atomic E-state index is 11.8. The second-order valence-electron chi connectivity index (χ2n) is 5.27. The molecule has 94 valence electrons. The number of aromatic nitrogens is 1. The topological polar surface area (TPSA) is 56.7 Å². The monoisotopic (exact) mass is 255 g/mol. The molecule has 0 spiro atoms. The van der Waals surface area contributed by atoms with Crippen LogP contribution in [0.1, 0.15) is 25.6 Å². The second kappa shape index (κ2) is 3.96. The number of rotatable bonds is 1. The minimum Gasteiger partial charge on any atom is -0.371 e. The number of hydrogen-bond donors (Lipinski definition) is 1. The van der Waals surface area contributed by atoms with E-state index in [0.717, 1.165) is 4.88 Å². The maximum Gasteiger partial charge on any atom is 0.328 e. The van der Waals surface area contributed by atoms with Crippen molar-refractivity contribution < 1.29 is 9.90 Å². The normalized spacial score (nSPS) is 21.5. The van der Waals surface area contributed by atoms with Crippen molar-refractivity contribution in [3.8, 4) is 0 Å². The summed E-state index contributed by atoms with van der Waals surface area (Å²) in [7, 11) is 1.67. The van der Waals surface area contributed by atoms with E-state index in [-0.39, 0.29) is 11.4 Å². The summed E-state index contributed by atoms with van der Waals surface area (Å²) in [4.78, 5) is 20.0. The summed E-state index contributed by atoms with van der Waals surface area (Å²) in [6.07, 6.45) is 0.977. The van der Waals surface area contributed by atoms with Crippen LogP contribution in [-0.4, -0.2) is 40.8 Å². The summed E-state index contributed by atoms with van der Waals surface area (Å²) in [5.41, 5.74) is 0.00947. The highest BCUT2D eigenvalue weighted by Gasteiger charge is 2.37. The minimum absolute atomic E-state index is 0.00947. The van der Waals surface area contributed by atoms with Crippen LogP contribution in [0.25, 0.3) is 0 Å². The number of thiazole rings is 1. The molecule has 0 aromatic carbocycles. The highest BCUT2D eigenvalue weighted by molar-refractivity contribution is 7.15. The van der Waals surface area contributed by atoms with Gasteiger partial charge in [0.15, 0.2) is 11.4 Å². The number of urea groups is 1. The van der Waals surface area contributed by atoms with Gasteiger partial charge in [-0.2, -0.15) is 0 Å². The Morgan fingerprint density at radius 1 is 1.53 bits per heavy atom. The molecule has 1 aliphatic heterocycles. The molecule has 1 aliphatic rings. The summed E-state index contributed by atoms with van der Waals surface area (Å²) in [5.74, 6) is 0. The number of aliphatic hydroxyl groups is 1. The van der Waals surface area contributed by atoms with Gasteiger partial charge in [0.1, 0.15) is 0 Å². The smallest absolute Gasteiger partial charge is 0.328 e. The molecule has 1 fully saturated rings. The molecule has 0 aliphatic carbocycles. The number of carbonyl (C=O) groups excluding carboxylic acids is 1. The van der Waals surface area contributed by atoms with Gasteiger partial charge < -0.3 is 10.0 Å². The van der Waals surface area contributed by atoms with Crippen LogP contribution in [0.3, 0.4) is 0 Å². The van der Waals surface area contributed by atoms with E-state index in [2.05, 4.69) is 25.8 Å². The Morgan fingerprint density at radius 3 is 2.59 bits per heavy atom. The van der Waals surface area contributed by atoms with Gasteiger partial charge in [-0.15, -0.1) is 11.3 Å². The van der Waals surface area contributed by atoms with Crippen molar-refractivity contribution in [3.63, 3.8) is 0 Å². The standard InChI is InChI=1S/C11H17N3O2S/c1-11(2,3)7-5-12-9(17-7)14-8(15)6-13(4)10(14)16/h5,8,15H,6H2,1-4H3. The minimum atomic E-state index is -0.800. The van der Waals surface area contributed by atoms with E-state index >= 15 is 0 Å². The lowest BCUT2D eigenvalue weighted by Crippen LogP contribution is -2.34. The van der Waals surface area contributed by atoms with Gasteiger partial charge in [-0.25, -0.2) is 14.7 Å². The Labute approximate surface area is 105 Å². The van der Waals surface area contributed by atoms with Gasteiger partial charge in [0, 0.05) is 18.1 Å². The van der Waals surface area contributed by atoms with Gasteiger partial charge in [0.05, 0.1) is 6.54 Å². The summed E-state index contributed by atoms with van der Waals surface area (Å²) in [6.45, 7) is 6.61. The molecule has 0 bridgehead atoms. The van der Waals surface area contributed by atoms with Crippen molar-refractivity contribution in [2.75, 3.05) is 18.5 Å². The number of amides is 2. The zero-order valence-corrected chi connectivity index (χ0v) is 11.3. The quantitative estimate of drug-likeness (QED) is 0.830. The Kier molecular flexibility index (Phi) is 2.87. The van der Waals surface area contributed by atoms with Gasteiger partial charge in [-0.05, 0) is 5.41 Å². The summed E-state index contributed by atoms with van der Waals surface area (Å²) >= 11 is 1.45. The van der Waals surface area contributed by atoms with Gasteiger partial charge >= 0.3 is 6.03 Å². The van der Waals surface area contributed by atoms with Crippen LogP contribution in [0.5, 0.6) is 0 Å². The fourth-order valence-corrected chi connectivity index (χ4v) is 2.66. The van der Waals surface area contributed by atoms with E-state index in [1.54, 1.807) is 13.2 Å². The Hall–Kier alpha value is -1.14. The molecule has 2 rings (SSSR count). The van der Waals surface area contributed by atoms with Crippen molar-refractivity contribution in [3.05, 3.63) is 11.1 Å². The molecule has 0 radical (unpaired) electrons. The third-order valence-corrected chi connectivity index (χ3v) is 4.13. The lowest BCUT2D eigenvalue weighted by atomic mass is 9.96. The van der Waals surface area contributed by atoms with Crippen LogP contribution in [0.15, 0.2) is 6.20 Å². The van der Waals surface area contributed by atoms with Crippen LogP contribution in [0, 0.1) is 0 Å². The average molecular weight is 255 g/mol. The van der Waals surface area contributed by atoms with Gasteiger partial charge in [0.25, 0.3) is 0 Å². The third-order valence-electron chi connectivity index (χ3n) is 2.71. The summed E-state index contributed by atoms with van der Waals surface area (Å²) in [6, 6.07) is -0.202. The van der Waals surface area contributed by atoms with Crippen LogP contribution in [-0.2, 0) is 5.41 Å². The second-order valence-corrected chi connectivity index (χ2v) is 6.28. The SMILES string of the molecule is CN1CC(O)N(c2ncc(C(C)(C)C)s2)C1=O. The molecular formula is C11H17N3O2S. The maximum absolute atomic E-state index is 11.8. The number of carbonyl (C=O) groups is 1. The first-order chi connectivity index (χ1) is 7.80. The first-order valence-corrected chi connectivity index (χ1v) is 6.31. The lowest BCUT2D eigenvalue weighted by molar-refractivity contribution is 0.183. The largest absolute Gasteiger partial charge is 0.371 e. The number of aliphatic hydroxyl groups excluding tert-OH is 1. The highest BCUT2D eigenvalue weighted by Crippen LogP contribution is 2.34. The Balaban J connectivity index is 2.29. The molecule has 5 nitrogen and oxygen atoms in total. The number of hydrogen-bond acceptors (Lipinski definition) is 4. The predicted octanol–water partition coefficient (Wildman–Crippen LogP) is 1.63. The molecular weight excluding hydrogens is 238 g/mol. The fraction of sp³-hybridized carbons (Fsp3) is 0.636. The molecule has 1 aromatic rings. The third kappa shape index (κ3) is 2.14. The van der Waals surface area contributed by atoms with Crippen LogP contribution < -0.4 is 4.90 Å². The molecule has 2 amide bonds. The van der Waals surface area contributed by atoms with Crippen LogP contribution >= 0.6 is 11.3 Å². The first kappa shape index (κ1) is 12.3. The molecule has 17 heavy (non-hydrogen) atoms. The summed E-state index contributed by atoms with van der Waals surface area (Å²) < 4.78 is 0. The van der Waals surface area contributed by atoms with Crippen molar-refractivity contribution in [2.45, 2.75) is 32.4 Å². The Bertz CT molecular complexity index is 438. The van der Waals surface area contributed by atoms with Crippen LogP contribution in [0.2, 0.25) is 0 Å².